The molecule has 19 heteroatoms. The number of primary sulfonamides is 1. The third-order valence-electron chi connectivity index (χ3n) is 6.18. The standard InChI is InChI=1S/C29H27N13O5S/c1-31-27-34-28(32-2)36-29(35-27)33-18-4-3-5-19(12-18)39-37-16-6-8-17(9-7-16)38-40-20-13-24(44)26(25(45)14-20)42-41-22-15-21(48(30,46)47)10-11-23(22)43/h3-15,43-45H,1-2H3,(H2,30,46,47)(H3,31,32,33,34,35,36). The molecular weight excluding hydrogens is 642 g/mol. The van der Waals surface area contributed by atoms with Crippen LogP contribution in [0.4, 0.5) is 57.7 Å². The van der Waals surface area contributed by atoms with Crippen LogP contribution in [0.25, 0.3) is 0 Å². The van der Waals surface area contributed by atoms with Gasteiger partial charge in [-0.15, -0.1) is 10.2 Å². The minimum atomic E-state index is -4.06. The molecule has 8 N–H and O–H groups in total. The van der Waals surface area contributed by atoms with Crippen LogP contribution in [0.2, 0.25) is 0 Å². The van der Waals surface area contributed by atoms with Crippen LogP contribution in [0.15, 0.2) is 114 Å². The first kappa shape index (κ1) is 32.8. The highest BCUT2D eigenvalue weighted by Gasteiger charge is 2.13. The van der Waals surface area contributed by atoms with Crippen LogP contribution < -0.4 is 21.1 Å². The number of sulfonamides is 1. The third-order valence-corrected chi connectivity index (χ3v) is 7.10. The Kier molecular flexibility index (Phi) is 9.72. The van der Waals surface area contributed by atoms with Gasteiger partial charge in [-0.1, -0.05) is 6.07 Å². The SMILES string of the molecule is CNc1nc(NC)nc(Nc2cccc(N=Nc3ccc(N=Nc4cc(O)c(N=Nc5cc(S(N)(=O)=O)ccc5O)c(O)c4)cc3)c2)n1. The van der Waals surface area contributed by atoms with Crippen molar-refractivity contribution in [3.05, 3.63) is 78.9 Å². The zero-order chi connectivity index (χ0) is 34.3. The molecule has 0 saturated heterocycles. The molecule has 0 atom stereocenters. The fourth-order valence-corrected chi connectivity index (χ4v) is 4.40. The minimum Gasteiger partial charge on any atom is -0.506 e. The molecular formula is C29H27N13O5S. The molecule has 0 saturated carbocycles. The van der Waals surface area contributed by atoms with E-state index >= 15 is 0 Å². The van der Waals surface area contributed by atoms with Gasteiger partial charge in [0.25, 0.3) is 0 Å². The Bertz CT molecular complexity index is 2110. The second kappa shape index (κ2) is 14.2. The summed E-state index contributed by atoms with van der Waals surface area (Å²) in [6.45, 7) is 0. The third kappa shape index (κ3) is 8.35. The molecule has 4 aromatic carbocycles. The first-order valence-corrected chi connectivity index (χ1v) is 15.3. The first-order valence-electron chi connectivity index (χ1n) is 13.8. The molecule has 5 rings (SSSR count). The van der Waals surface area contributed by atoms with E-state index in [9.17, 15) is 23.7 Å². The van der Waals surface area contributed by atoms with Gasteiger partial charge in [-0.25, -0.2) is 13.6 Å². The fraction of sp³-hybridized carbons (Fsp3) is 0.0690. The van der Waals surface area contributed by atoms with E-state index in [1.807, 2.05) is 12.1 Å². The maximum Gasteiger partial charge on any atom is 0.238 e. The van der Waals surface area contributed by atoms with Crippen LogP contribution >= 0.6 is 0 Å². The Morgan fingerprint density at radius 3 is 1.75 bits per heavy atom. The fourth-order valence-electron chi connectivity index (χ4n) is 3.86. The van der Waals surface area contributed by atoms with E-state index in [1.165, 1.54) is 12.1 Å². The number of benzene rings is 4. The van der Waals surface area contributed by atoms with E-state index in [0.717, 1.165) is 18.2 Å². The lowest BCUT2D eigenvalue weighted by atomic mass is 10.2. The number of anilines is 4. The van der Waals surface area contributed by atoms with Gasteiger partial charge in [0, 0.05) is 31.9 Å². The molecule has 0 aliphatic carbocycles. The normalized spacial score (nSPS) is 11.8. The molecule has 244 valence electrons. The van der Waals surface area contributed by atoms with Crippen molar-refractivity contribution in [1.82, 2.24) is 15.0 Å². The molecule has 0 amide bonds. The number of nitrogens with two attached hydrogens (primary N) is 1. The van der Waals surface area contributed by atoms with Gasteiger partial charge in [0.2, 0.25) is 27.9 Å². The summed E-state index contributed by atoms with van der Waals surface area (Å²) in [6, 6.07) is 19.4. The van der Waals surface area contributed by atoms with Crippen molar-refractivity contribution in [2.75, 3.05) is 30.0 Å². The topological polar surface area (TPSA) is 270 Å². The number of nitrogens with zero attached hydrogens (tertiary/aromatic N) is 9. The number of nitrogens with one attached hydrogen (secondary N) is 3. The van der Waals surface area contributed by atoms with E-state index in [-0.39, 0.29) is 22.0 Å². The summed E-state index contributed by atoms with van der Waals surface area (Å²) in [7, 11) is -0.641. The first-order chi connectivity index (χ1) is 23.0. The molecule has 48 heavy (non-hydrogen) atoms. The zero-order valence-electron chi connectivity index (χ0n) is 25.2. The van der Waals surface area contributed by atoms with Crippen LogP contribution in [-0.4, -0.2) is 52.8 Å². The predicted molar refractivity (Wildman–Crippen MR) is 177 cm³/mol. The van der Waals surface area contributed by atoms with Gasteiger partial charge in [0.05, 0.1) is 27.6 Å². The second-order valence-corrected chi connectivity index (χ2v) is 11.2. The summed E-state index contributed by atoms with van der Waals surface area (Å²) in [4.78, 5) is 12.4. The van der Waals surface area contributed by atoms with Gasteiger partial charge < -0.3 is 31.3 Å². The maximum absolute atomic E-state index is 11.6. The van der Waals surface area contributed by atoms with Crippen molar-refractivity contribution in [2.24, 2.45) is 35.8 Å². The number of phenols is 3. The Morgan fingerprint density at radius 2 is 1.17 bits per heavy atom. The molecule has 0 fully saturated rings. The van der Waals surface area contributed by atoms with Gasteiger partial charge in [-0.2, -0.15) is 35.4 Å². The quantitative estimate of drug-likeness (QED) is 0.0726. The van der Waals surface area contributed by atoms with Gasteiger partial charge in [-0.3, -0.25) is 0 Å². The van der Waals surface area contributed by atoms with E-state index < -0.39 is 27.3 Å². The Balaban J connectivity index is 1.24. The average Bonchev–Trinajstić information content (AvgIpc) is 3.06. The molecule has 0 aliphatic heterocycles. The molecule has 18 nitrogen and oxygen atoms in total. The highest BCUT2D eigenvalue weighted by molar-refractivity contribution is 7.89. The highest BCUT2D eigenvalue weighted by Crippen LogP contribution is 2.42. The number of rotatable bonds is 11. The lowest BCUT2D eigenvalue weighted by Gasteiger charge is -2.08. The molecule has 0 radical (unpaired) electrons. The van der Waals surface area contributed by atoms with Crippen molar-refractivity contribution in [3.8, 4) is 17.2 Å². The van der Waals surface area contributed by atoms with E-state index in [4.69, 9.17) is 5.14 Å². The van der Waals surface area contributed by atoms with Gasteiger partial charge in [-0.05, 0) is 60.7 Å². The zero-order valence-corrected chi connectivity index (χ0v) is 26.0. The van der Waals surface area contributed by atoms with Gasteiger partial charge in [0.15, 0.2) is 5.69 Å². The number of azo groups is 3. The lowest BCUT2D eigenvalue weighted by molar-refractivity contribution is 0.452. The molecule has 0 bridgehead atoms. The van der Waals surface area contributed by atoms with Crippen LogP contribution in [0.5, 0.6) is 17.2 Å². The van der Waals surface area contributed by atoms with Crippen molar-refractivity contribution in [1.29, 1.82) is 0 Å². The van der Waals surface area contributed by atoms with E-state index in [2.05, 4.69) is 61.6 Å². The second-order valence-electron chi connectivity index (χ2n) is 9.63. The lowest BCUT2D eigenvalue weighted by Crippen LogP contribution is -2.11. The van der Waals surface area contributed by atoms with Crippen LogP contribution in [0, 0.1) is 0 Å². The molecule has 5 aromatic rings. The largest absolute Gasteiger partial charge is 0.506 e. The Morgan fingerprint density at radius 1 is 0.604 bits per heavy atom. The monoisotopic (exact) mass is 669 g/mol. The van der Waals surface area contributed by atoms with E-state index in [1.54, 1.807) is 50.5 Å². The number of aromatic hydroxyl groups is 3. The summed E-state index contributed by atoms with van der Waals surface area (Å²) < 4.78 is 23.1. The van der Waals surface area contributed by atoms with Gasteiger partial charge >= 0.3 is 0 Å². The summed E-state index contributed by atoms with van der Waals surface area (Å²) >= 11 is 0. The predicted octanol–water partition coefficient (Wildman–Crippen LogP) is 6.71. The molecule has 0 unspecified atom stereocenters. The highest BCUT2D eigenvalue weighted by atomic mass is 32.2. The van der Waals surface area contributed by atoms with Crippen LogP contribution in [0.1, 0.15) is 0 Å². The van der Waals surface area contributed by atoms with Crippen LogP contribution in [-0.2, 0) is 10.0 Å². The van der Waals surface area contributed by atoms with Crippen molar-refractivity contribution in [2.45, 2.75) is 4.90 Å². The van der Waals surface area contributed by atoms with Crippen LogP contribution in [0.3, 0.4) is 0 Å². The van der Waals surface area contributed by atoms with Crippen molar-refractivity contribution < 1.29 is 23.7 Å². The van der Waals surface area contributed by atoms with Crippen molar-refractivity contribution >= 4 is 67.7 Å². The number of hydrogen-bond acceptors (Lipinski definition) is 17. The molecule has 0 aliphatic rings. The minimum absolute atomic E-state index is 0.0989. The summed E-state index contributed by atoms with van der Waals surface area (Å²) in [5, 5.41) is 68.8. The smallest absolute Gasteiger partial charge is 0.238 e. The summed E-state index contributed by atoms with van der Waals surface area (Å²) in [5.74, 6) is -0.237. The van der Waals surface area contributed by atoms with E-state index in [0.29, 0.717) is 40.6 Å². The molecule has 1 aromatic heterocycles. The molecule has 1 heterocycles. The maximum atomic E-state index is 11.6. The Labute approximate surface area is 273 Å². The molecule has 0 spiro atoms. The van der Waals surface area contributed by atoms with Gasteiger partial charge in [0.1, 0.15) is 22.9 Å². The average molecular weight is 670 g/mol. The number of aromatic nitrogens is 3. The summed E-state index contributed by atoms with van der Waals surface area (Å²) in [5.41, 5.74) is 1.78. The number of hydrogen-bond donors (Lipinski definition) is 7. The van der Waals surface area contributed by atoms with Crippen molar-refractivity contribution in [3.63, 3.8) is 0 Å². The number of phenolic OH excluding ortho intramolecular Hbond substituents is 3. The summed E-state index contributed by atoms with van der Waals surface area (Å²) in [6.07, 6.45) is 0. The Hall–Kier alpha value is -6.60.